The fraction of sp³-hybridized carbons (Fsp3) is 0.188. The van der Waals surface area contributed by atoms with Crippen molar-refractivity contribution in [3.63, 3.8) is 0 Å². The molecule has 132 valence electrons. The molecule has 1 aliphatic rings. The average Bonchev–Trinajstić information content (AvgIpc) is 2.51. The van der Waals surface area contributed by atoms with Gasteiger partial charge in [0, 0.05) is 16.5 Å². The van der Waals surface area contributed by atoms with Crippen LogP contribution in [0.15, 0.2) is 52.2 Å². The molecule has 1 atom stereocenters. The Morgan fingerprint density at radius 2 is 1.84 bits per heavy atom. The zero-order valence-electron chi connectivity index (χ0n) is 13.5. The third-order valence-corrected chi connectivity index (χ3v) is 4.65. The average molecular weight is 382 g/mol. The maximum atomic E-state index is 12.1. The fourth-order valence-electron chi connectivity index (χ4n) is 2.36. The Hall–Kier alpha value is -2.58. The molecule has 9 heteroatoms. The van der Waals surface area contributed by atoms with Crippen molar-refractivity contribution in [3.8, 4) is 5.75 Å². The largest absolute Gasteiger partial charge is 0.456 e. The van der Waals surface area contributed by atoms with E-state index in [1.807, 2.05) is 0 Å². The lowest BCUT2D eigenvalue weighted by Crippen LogP contribution is -2.30. The first-order valence-electron chi connectivity index (χ1n) is 7.17. The summed E-state index contributed by atoms with van der Waals surface area (Å²) in [5.41, 5.74) is 11.1. The summed E-state index contributed by atoms with van der Waals surface area (Å²) in [7, 11) is -2.61. The Morgan fingerprint density at radius 1 is 1.24 bits per heavy atom. The van der Waals surface area contributed by atoms with E-state index in [2.05, 4.69) is 4.99 Å². The molecule has 4 N–H and O–H groups in total. The van der Waals surface area contributed by atoms with Crippen molar-refractivity contribution in [1.82, 2.24) is 0 Å². The van der Waals surface area contributed by atoms with Gasteiger partial charge in [0.15, 0.2) is 5.96 Å². The first-order chi connectivity index (χ1) is 11.7. The van der Waals surface area contributed by atoms with Gasteiger partial charge in [-0.05, 0) is 42.8 Å². The van der Waals surface area contributed by atoms with Crippen LogP contribution in [-0.4, -0.2) is 25.1 Å². The van der Waals surface area contributed by atoms with Crippen molar-refractivity contribution in [2.45, 2.75) is 13.8 Å². The molecule has 1 aromatic carbocycles. The maximum absolute atomic E-state index is 12.1. The summed E-state index contributed by atoms with van der Waals surface area (Å²) in [6.45, 7) is 3.20. The molecule has 1 amide bonds. The molecule has 0 saturated heterocycles. The number of nitrogens with two attached hydrogens (primary N) is 2. The van der Waals surface area contributed by atoms with Gasteiger partial charge in [-0.3, -0.25) is 4.79 Å². The van der Waals surface area contributed by atoms with E-state index in [9.17, 15) is 13.2 Å². The molecule has 7 nitrogen and oxygen atoms in total. The summed E-state index contributed by atoms with van der Waals surface area (Å²) in [6, 6.07) is 6.47. The van der Waals surface area contributed by atoms with E-state index in [1.165, 1.54) is 6.08 Å². The Bertz CT molecular complexity index is 932. The molecule has 1 aliphatic carbocycles. The van der Waals surface area contributed by atoms with Gasteiger partial charge < -0.3 is 16.2 Å². The minimum atomic E-state index is -2.61. The molecule has 0 heterocycles. The number of guanidine groups is 1. The van der Waals surface area contributed by atoms with Crippen molar-refractivity contribution < 1.29 is 17.9 Å². The van der Waals surface area contributed by atoms with Gasteiger partial charge in [0.1, 0.15) is 16.4 Å². The lowest BCUT2D eigenvalue weighted by Gasteiger charge is -2.23. The molecule has 1 aromatic rings. The highest BCUT2D eigenvalue weighted by Gasteiger charge is 2.32. The van der Waals surface area contributed by atoms with Gasteiger partial charge in [0.2, 0.25) is 10.3 Å². The summed E-state index contributed by atoms with van der Waals surface area (Å²) in [6.07, 6.45) is 1.51. The van der Waals surface area contributed by atoms with Crippen molar-refractivity contribution in [3.05, 3.63) is 52.3 Å². The number of hydrogen-bond acceptors (Lipinski definition) is 4. The first kappa shape index (κ1) is 18.8. The van der Waals surface area contributed by atoms with E-state index >= 15 is 0 Å². The van der Waals surface area contributed by atoms with Crippen LogP contribution in [0.5, 0.6) is 5.75 Å². The number of aliphatic imine (C=N–C) groups is 1. The molecule has 0 aromatic heterocycles. The normalized spacial score (nSPS) is 17.0. The fourth-order valence-corrected chi connectivity index (χ4v) is 3.25. The quantitative estimate of drug-likeness (QED) is 0.463. The smallest absolute Gasteiger partial charge is 0.276 e. The summed E-state index contributed by atoms with van der Waals surface area (Å²) >= 11 is 5.83. The van der Waals surface area contributed by atoms with Gasteiger partial charge in [-0.1, -0.05) is 18.5 Å². The molecular weight excluding hydrogens is 366 g/mol. The van der Waals surface area contributed by atoms with Gasteiger partial charge in [0.05, 0.1) is 0 Å². The Kier molecular flexibility index (Phi) is 5.66. The molecule has 0 saturated carbocycles. The lowest BCUT2D eigenvalue weighted by molar-refractivity contribution is -0.114. The molecule has 0 aliphatic heterocycles. The van der Waals surface area contributed by atoms with E-state index in [0.29, 0.717) is 16.3 Å². The summed E-state index contributed by atoms with van der Waals surface area (Å²) in [5, 5.41) is 0.525. The van der Waals surface area contributed by atoms with E-state index in [4.69, 9.17) is 27.8 Å². The van der Waals surface area contributed by atoms with Gasteiger partial charge in [-0.2, -0.15) is 13.4 Å². The minimum Gasteiger partial charge on any atom is -0.456 e. The zero-order chi connectivity index (χ0) is 18.7. The van der Waals surface area contributed by atoms with E-state index in [0.717, 1.165) is 0 Å². The summed E-state index contributed by atoms with van der Waals surface area (Å²) in [5.74, 6) is -1.28. The van der Waals surface area contributed by atoms with Crippen molar-refractivity contribution >= 4 is 38.6 Å². The Labute approximate surface area is 151 Å². The number of benzene rings is 1. The first-order valence-corrected chi connectivity index (χ1v) is 8.62. The van der Waals surface area contributed by atoms with Gasteiger partial charge in [-0.15, -0.1) is 0 Å². The van der Waals surface area contributed by atoms with Crippen LogP contribution in [0, 0.1) is 5.92 Å². The standard InChI is InChI=1S/C16H16ClN3O4S/c1-8-7-12(15(21)20-16(18)19)9(2)14(25(22)23)13(8)24-11-5-3-10(17)4-6-11/h3-7,9H,1-2H3,(H4,18,19,20,21). The predicted octanol–water partition coefficient (Wildman–Crippen LogP) is 1.42. The molecule has 0 spiro atoms. The molecule has 0 radical (unpaired) electrons. The van der Waals surface area contributed by atoms with Crippen LogP contribution < -0.4 is 16.2 Å². The van der Waals surface area contributed by atoms with Crippen LogP contribution >= 0.6 is 11.6 Å². The molecule has 1 unspecified atom stereocenters. The van der Waals surface area contributed by atoms with Crippen LogP contribution in [0.4, 0.5) is 0 Å². The topological polar surface area (TPSA) is 125 Å². The predicted molar refractivity (Wildman–Crippen MR) is 96.8 cm³/mol. The number of nitrogens with zero attached hydrogens (tertiary/aromatic N) is 1. The Morgan fingerprint density at radius 3 is 2.36 bits per heavy atom. The monoisotopic (exact) mass is 381 g/mol. The van der Waals surface area contributed by atoms with E-state index in [-0.39, 0.29) is 16.2 Å². The number of halogens is 1. The zero-order valence-corrected chi connectivity index (χ0v) is 15.1. The number of carbonyl (C=O) groups excluding carboxylic acids is 1. The second-order valence-corrected chi connectivity index (χ2v) is 6.68. The number of ether oxygens (including phenoxy) is 1. The van der Waals surface area contributed by atoms with Gasteiger partial charge >= 0.3 is 0 Å². The highest BCUT2D eigenvalue weighted by atomic mass is 35.5. The maximum Gasteiger partial charge on any atom is 0.276 e. The molecule has 0 bridgehead atoms. The number of carbonyl (C=O) groups is 1. The van der Waals surface area contributed by atoms with Crippen molar-refractivity contribution in [1.29, 1.82) is 0 Å². The van der Waals surface area contributed by atoms with Crippen LogP contribution in [0.1, 0.15) is 13.8 Å². The van der Waals surface area contributed by atoms with Gasteiger partial charge in [0.25, 0.3) is 5.91 Å². The van der Waals surface area contributed by atoms with Crippen LogP contribution in [0.2, 0.25) is 5.02 Å². The number of rotatable bonds is 3. The molecule has 0 fully saturated rings. The van der Waals surface area contributed by atoms with Crippen LogP contribution in [0.25, 0.3) is 0 Å². The van der Waals surface area contributed by atoms with E-state index < -0.39 is 28.1 Å². The molecular formula is C16H16ClN3O4S. The lowest BCUT2D eigenvalue weighted by atomic mass is 9.88. The van der Waals surface area contributed by atoms with Gasteiger partial charge in [-0.25, -0.2) is 0 Å². The highest BCUT2D eigenvalue weighted by Crippen LogP contribution is 2.30. The minimum absolute atomic E-state index is 0.0518. The number of hydrogen-bond donors (Lipinski definition) is 2. The molecule has 2 rings (SSSR count). The van der Waals surface area contributed by atoms with Crippen LogP contribution in [0.3, 0.4) is 0 Å². The second-order valence-electron chi connectivity index (χ2n) is 5.33. The van der Waals surface area contributed by atoms with Crippen molar-refractivity contribution in [2.75, 3.05) is 0 Å². The third kappa shape index (κ3) is 4.28. The van der Waals surface area contributed by atoms with Crippen LogP contribution in [-0.2, 0) is 15.1 Å². The highest BCUT2D eigenvalue weighted by molar-refractivity contribution is 7.73. The van der Waals surface area contributed by atoms with Crippen molar-refractivity contribution in [2.24, 2.45) is 22.4 Å². The Balaban J connectivity index is 2.54. The third-order valence-electron chi connectivity index (χ3n) is 3.50. The summed E-state index contributed by atoms with van der Waals surface area (Å²) in [4.78, 5) is 15.5. The summed E-state index contributed by atoms with van der Waals surface area (Å²) < 4.78 is 29.2. The molecule has 25 heavy (non-hydrogen) atoms. The SMILES string of the molecule is CC1=C(Oc2ccc(Cl)cc2)C(=S(=O)=O)C(C)C(C(=O)N=C(N)N)=C1. The second kappa shape index (κ2) is 7.54. The number of amides is 1. The van der Waals surface area contributed by atoms with E-state index in [1.54, 1.807) is 38.1 Å². The number of allylic oxidation sites excluding steroid dienone is 3.